The number of imidazole rings is 1. The Hall–Kier alpha value is -2.08. The molecule has 6 heteroatoms. The second-order valence-electron chi connectivity index (χ2n) is 4.50. The van der Waals surface area contributed by atoms with Gasteiger partial charge in [0.2, 0.25) is 0 Å². The van der Waals surface area contributed by atoms with Crippen LogP contribution < -0.4 is 5.32 Å². The lowest BCUT2D eigenvalue weighted by Crippen LogP contribution is -2.04. The average Bonchev–Trinajstić information content (AvgIpc) is 2.93. The number of rotatable bonds is 4. The van der Waals surface area contributed by atoms with Gasteiger partial charge in [-0.25, -0.2) is 15.0 Å². The molecule has 0 fully saturated rings. The summed E-state index contributed by atoms with van der Waals surface area (Å²) in [6.07, 6.45) is 3.60. The summed E-state index contributed by atoms with van der Waals surface area (Å²) in [5.74, 6) is 0.790. The van der Waals surface area contributed by atoms with Crippen molar-refractivity contribution in [2.24, 2.45) is 0 Å². The minimum absolute atomic E-state index is 0.691. The molecular formula is C14H15N5S. The van der Waals surface area contributed by atoms with Crippen LogP contribution in [-0.2, 0) is 6.54 Å². The average molecular weight is 285 g/mol. The second-order valence-corrected chi connectivity index (χ2v) is 5.28. The highest BCUT2D eigenvalue weighted by Crippen LogP contribution is 2.21. The molecule has 20 heavy (non-hydrogen) atoms. The lowest BCUT2D eigenvalue weighted by molar-refractivity contribution is 0.980. The van der Waals surface area contributed by atoms with Crippen molar-refractivity contribution in [1.29, 1.82) is 0 Å². The van der Waals surface area contributed by atoms with E-state index >= 15 is 0 Å². The third-order valence-corrected chi connectivity index (χ3v) is 3.54. The van der Waals surface area contributed by atoms with E-state index in [0.717, 1.165) is 23.0 Å². The lowest BCUT2D eigenvalue weighted by atomic mass is 10.1. The van der Waals surface area contributed by atoms with Gasteiger partial charge in [0.15, 0.2) is 16.6 Å². The summed E-state index contributed by atoms with van der Waals surface area (Å²) in [6, 6.07) is 8.41. The maximum Gasteiger partial charge on any atom is 0.191 e. The van der Waals surface area contributed by atoms with Gasteiger partial charge in [-0.3, -0.25) is 0 Å². The van der Waals surface area contributed by atoms with Crippen LogP contribution in [0.15, 0.2) is 35.7 Å². The normalized spacial score (nSPS) is 10.9. The van der Waals surface area contributed by atoms with E-state index in [1.807, 2.05) is 6.26 Å². The molecule has 0 bridgehead atoms. The first kappa shape index (κ1) is 12.9. The highest BCUT2D eigenvalue weighted by Gasteiger charge is 2.09. The van der Waals surface area contributed by atoms with Crippen molar-refractivity contribution in [2.75, 3.05) is 11.6 Å². The van der Waals surface area contributed by atoms with E-state index in [2.05, 4.69) is 56.4 Å². The van der Waals surface area contributed by atoms with Crippen LogP contribution in [0.4, 0.5) is 5.82 Å². The Bertz CT molecular complexity index is 737. The number of benzene rings is 1. The van der Waals surface area contributed by atoms with Crippen LogP contribution in [0.3, 0.4) is 0 Å². The third kappa shape index (κ3) is 2.60. The van der Waals surface area contributed by atoms with Gasteiger partial charge >= 0.3 is 0 Å². The summed E-state index contributed by atoms with van der Waals surface area (Å²) in [5.41, 5.74) is 4.01. The Morgan fingerprint density at radius 1 is 1.30 bits per heavy atom. The molecule has 0 saturated carbocycles. The molecule has 0 radical (unpaired) electrons. The first-order valence-electron chi connectivity index (χ1n) is 6.31. The molecule has 0 aliphatic rings. The molecule has 0 unspecified atom stereocenters. The third-order valence-electron chi connectivity index (χ3n) is 2.99. The van der Waals surface area contributed by atoms with Gasteiger partial charge in [-0.2, -0.15) is 0 Å². The first-order chi connectivity index (χ1) is 9.76. The Kier molecular flexibility index (Phi) is 3.56. The number of hydrogen-bond donors (Lipinski definition) is 2. The highest BCUT2D eigenvalue weighted by atomic mass is 32.2. The van der Waals surface area contributed by atoms with E-state index in [4.69, 9.17) is 0 Å². The fourth-order valence-electron chi connectivity index (χ4n) is 2.04. The van der Waals surface area contributed by atoms with Gasteiger partial charge in [0, 0.05) is 6.54 Å². The summed E-state index contributed by atoms with van der Waals surface area (Å²) in [5, 5.41) is 4.08. The molecule has 5 nitrogen and oxygen atoms in total. The van der Waals surface area contributed by atoms with Crippen molar-refractivity contribution < 1.29 is 0 Å². The summed E-state index contributed by atoms with van der Waals surface area (Å²) in [4.78, 5) is 16.1. The van der Waals surface area contributed by atoms with Crippen LogP contribution >= 0.6 is 11.8 Å². The number of aryl methyl sites for hydroxylation is 1. The fourth-order valence-corrected chi connectivity index (χ4v) is 2.40. The zero-order chi connectivity index (χ0) is 13.9. The molecule has 0 atom stereocenters. The van der Waals surface area contributed by atoms with E-state index in [-0.39, 0.29) is 0 Å². The first-order valence-corrected chi connectivity index (χ1v) is 7.53. The standard InChI is InChI=1S/C14H15N5S/c1-9-4-3-5-10(6-9)7-15-12-11-13(17-8-16-11)19-14(18-12)20-2/h3-6,8H,7H2,1-2H3,(H2,15,16,17,18,19). The predicted octanol–water partition coefficient (Wildman–Crippen LogP) is 3.00. The van der Waals surface area contributed by atoms with Crippen LogP contribution in [0.2, 0.25) is 0 Å². The molecule has 1 aromatic carbocycles. The van der Waals surface area contributed by atoms with Crippen LogP contribution in [0.25, 0.3) is 11.2 Å². The zero-order valence-corrected chi connectivity index (χ0v) is 12.2. The summed E-state index contributed by atoms with van der Waals surface area (Å²) < 4.78 is 0. The van der Waals surface area contributed by atoms with Gasteiger partial charge < -0.3 is 10.3 Å². The van der Waals surface area contributed by atoms with Crippen molar-refractivity contribution >= 4 is 28.7 Å². The van der Waals surface area contributed by atoms with Gasteiger partial charge in [-0.1, -0.05) is 41.6 Å². The number of H-pyrrole nitrogens is 1. The lowest BCUT2D eigenvalue weighted by Gasteiger charge is -2.08. The van der Waals surface area contributed by atoms with Gasteiger partial charge in [-0.15, -0.1) is 0 Å². The highest BCUT2D eigenvalue weighted by molar-refractivity contribution is 7.98. The van der Waals surface area contributed by atoms with E-state index < -0.39 is 0 Å². The van der Waals surface area contributed by atoms with E-state index in [1.54, 1.807) is 6.33 Å². The van der Waals surface area contributed by atoms with Gasteiger partial charge in [-0.05, 0) is 18.7 Å². The number of nitrogens with zero attached hydrogens (tertiary/aromatic N) is 3. The predicted molar refractivity (Wildman–Crippen MR) is 82.0 cm³/mol. The molecule has 2 heterocycles. The number of nitrogens with one attached hydrogen (secondary N) is 2. The van der Waals surface area contributed by atoms with Gasteiger partial charge in [0.25, 0.3) is 0 Å². The molecular weight excluding hydrogens is 270 g/mol. The number of thioether (sulfide) groups is 1. The maximum atomic E-state index is 4.50. The minimum atomic E-state index is 0.691. The van der Waals surface area contributed by atoms with Crippen molar-refractivity contribution in [3.63, 3.8) is 0 Å². The molecule has 2 N–H and O–H groups in total. The largest absolute Gasteiger partial charge is 0.364 e. The van der Waals surface area contributed by atoms with Gasteiger partial charge in [0.1, 0.15) is 5.52 Å². The Morgan fingerprint density at radius 2 is 2.20 bits per heavy atom. The van der Waals surface area contributed by atoms with Crippen LogP contribution in [0.1, 0.15) is 11.1 Å². The maximum absolute atomic E-state index is 4.50. The van der Waals surface area contributed by atoms with Gasteiger partial charge in [0.05, 0.1) is 6.33 Å². The fraction of sp³-hybridized carbons (Fsp3) is 0.214. The van der Waals surface area contributed by atoms with Crippen molar-refractivity contribution in [3.05, 3.63) is 41.7 Å². The summed E-state index contributed by atoms with van der Waals surface area (Å²) >= 11 is 1.51. The van der Waals surface area contributed by atoms with Crippen LogP contribution in [0, 0.1) is 6.92 Å². The van der Waals surface area contributed by atoms with E-state index in [9.17, 15) is 0 Å². The van der Waals surface area contributed by atoms with Crippen molar-refractivity contribution in [1.82, 2.24) is 19.9 Å². The van der Waals surface area contributed by atoms with Crippen LogP contribution in [-0.4, -0.2) is 26.2 Å². The van der Waals surface area contributed by atoms with E-state index in [1.165, 1.54) is 22.9 Å². The number of aromatic amines is 1. The molecule has 0 aliphatic carbocycles. The molecule has 0 saturated heterocycles. The molecule has 2 aromatic heterocycles. The molecule has 0 spiro atoms. The smallest absolute Gasteiger partial charge is 0.191 e. The van der Waals surface area contributed by atoms with Crippen molar-refractivity contribution in [2.45, 2.75) is 18.6 Å². The zero-order valence-electron chi connectivity index (χ0n) is 11.3. The molecule has 102 valence electrons. The number of fused-ring (bicyclic) bond motifs is 1. The molecule has 0 aliphatic heterocycles. The number of hydrogen-bond acceptors (Lipinski definition) is 5. The van der Waals surface area contributed by atoms with Crippen LogP contribution in [0.5, 0.6) is 0 Å². The Labute approximate surface area is 121 Å². The molecule has 3 rings (SSSR count). The number of anilines is 1. The monoisotopic (exact) mass is 285 g/mol. The topological polar surface area (TPSA) is 66.5 Å². The minimum Gasteiger partial charge on any atom is -0.364 e. The summed E-state index contributed by atoms with van der Waals surface area (Å²) in [7, 11) is 0. The second kappa shape index (κ2) is 5.50. The Morgan fingerprint density at radius 3 is 3.00 bits per heavy atom. The number of aromatic nitrogens is 4. The summed E-state index contributed by atoms with van der Waals surface area (Å²) in [6.45, 7) is 2.81. The Balaban J connectivity index is 1.88. The molecule has 3 aromatic rings. The SMILES string of the molecule is CSc1nc(NCc2cccc(C)c2)c2[nH]cnc2n1. The van der Waals surface area contributed by atoms with E-state index in [0.29, 0.717) is 5.65 Å². The quantitative estimate of drug-likeness (QED) is 0.570. The van der Waals surface area contributed by atoms with Crippen molar-refractivity contribution in [3.8, 4) is 0 Å². The molecule has 0 amide bonds.